The third-order valence-electron chi connectivity index (χ3n) is 1.61. The van der Waals surface area contributed by atoms with Gasteiger partial charge in [0.25, 0.3) is 5.91 Å². The van der Waals surface area contributed by atoms with Gasteiger partial charge in [-0.1, -0.05) is 12.1 Å². The monoisotopic (exact) mass is 166 g/mol. The van der Waals surface area contributed by atoms with Gasteiger partial charge < -0.3 is 5.11 Å². The number of hydrazine groups is 1. The molecule has 0 radical (unpaired) electrons. The van der Waals surface area contributed by atoms with Crippen molar-refractivity contribution in [2.75, 3.05) is 0 Å². The molecule has 1 aromatic carbocycles. The van der Waals surface area contributed by atoms with Gasteiger partial charge in [-0.05, 0) is 18.6 Å². The molecule has 1 aromatic rings. The summed E-state index contributed by atoms with van der Waals surface area (Å²) in [6.45, 7) is 1.71. The number of nitrogen functional groups attached to an aromatic ring is 1. The average Bonchev–Trinajstić information content (AvgIpc) is 2.08. The van der Waals surface area contributed by atoms with Crippen LogP contribution in [0.3, 0.4) is 0 Å². The van der Waals surface area contributed by atoms with E-state index in [1.165, 1.54) is 6.07 Å². The molecule has 0 aliphatic carbocycles. The Balaban J connectivity index is 3.16. The minimum Gasteiger partial charge on any atom is -0.507 e. The summed E-state index contributed by atoms with van der Waals surface area (Å²) in [5.41, 5.74) is 2.79. The summed E-state index contributed by atoms with van der Waals surface area (Å²) in [5, 5.41) is 9.38. The lowest BCUT2D eigenvalue weighted by molar-refractivity contribution is 0.0951. The molecule has 1 rings (SSSR count). The zero-order chi connectivity index (χ0) is 9.14. The van der Waals surface area contributed by atoms with Crippen LogP contribution in [0, 0.1) is 6.92 Å². The molecule has 12 heavy (non-hydrogen) atoms. The van der Waals surface area contributed by atoms with Crippen molar-refractivity contribution < 1.29 is 9.90 Å². The summed E-state index contributed by atoms with van der Waals surface area (Å²) in [5.74, 6) is 4.40. The van der Waals surface area contributed by atoms with E-state index in [1.54, 1.807) is 19.1 Å². The van der Waals surface area contributed by atoms with Crippen LogP contribution in [-0.2, 0) is 0 Å². The smallest absolute Gasteiger partial charge is 0.268 e. The fourth-order valence-corrected chi connectivity index (χ4v) is 0.920. The fourth-order valence-electron chi connectivity index (χ4n) is 0.920. The van der Waals surface area contributed by atoms with Crippen LogP contribution in [0.5, 0.6) is 5.75 Å². The second kappa shape index (κ2) is 3.23. The number of aromatic hydroxyl groups is 1. The summed E-state index contributed by atoms with van der Waals surface area (Å²) < 4.78 is 0. The lowest BCUT2D eigenvalue weighted by Gasteiger charge is -2.04. The number of carbonyl (C=O) groups excluding carboxylic acids is 1. The number of nitrogens with two attached hydrogens (primary N) is 1. The summed E-state index contributed by atoms with van der Waals surface area (Å²) in [6.07, 6.45) is 0. The highest BCUT2D eigenvalue weighted by molar-refractivity contribution is 5.96. The van der Waals surface area contributed by atoms with Gasteiger partial charge in [-0.25, -0.2) is 5.84 Å². The minimum absolute atomic E-state index is 0.0274. The van der Waals surface area contributed by atoms with Crippen molar-refractivity contribution in [2.24, 2.45) is 5.84 Å². The number of para-hydroxylation sites is 1. The van der Waals surface area contributed by atoms with Crippen LogP contribution < -0.4 is 11.3 Å². The third-order valence-corrected chi connectivity index (χ3v) is 1.61. The van der Waals surface area contributed by atoms with Crippen LogP contribution in [0.2, 0.25) is 0 Å². The Morgan fingerprint density at radius 2 is 2.25 bits per heavy atom. The largest absolute Gasteiger partial charge is 0.507 e. The average molecular weight is 166 g/mol. The highest BCUT2D eigenvalue weighted by Gasteiger charge is 2.09. The summed E-state index contributed by atoms with van der Waals surface area (Å²) in [7, 11) is 0. The van der Waals surface area contributed by atoms with Crippen molar-refractivity contribution in [1.82, 2.24) is 5.43 Å². The molecule has 0 saturated heterocycles. The maximum absolute atomic E-state index is 11.0. The fraction of sp³-hybridized carbons (Fsp3) is 0.125. The van der Waals surface area contributed by atoms with Crippen LogP contribution in [0.4, 0.5) is 0 Å². The number of amides is 1. The first-order valence-corrected chi connectivity index (χ1v) is 3.46. The zero-order valence-electron chi connectivity index (χ0n) is 6.66. The molecule has 4 heteroatoms. The van der Waals surface area contributed by atoms with Gasteiger partial charge in [-0.3, -0.25) is 10.2 Å². The molecule has 0 aliphatic heterocycles. The number of phenolic OH excluding ortho intramolecular Hbond substituents is 1. The van der Waals surface area contributed by atoms with E-state index in [0.29, 0.717) is 5.56 Å². The van der Waals surface area contributed by atoms with Crippen molar-refractivity contribution in [3.8, 4) is 5.75 Å². The normalized spacial score (nSPS) is 9.50. The predicted octanol–water partition coefficient (Wildman–Crippen LogP) is 0.304. The van der Waals surface area contributed by atoms with Crippen LogP contribution in [0.25, 0.3) is 0 Å². The van der Waals surface area contributed by atoms with Gasteiger partial charge in [0.15, 0.2) is 0 Å². The van der Waals surface area contributed by atoms with Crippen molar-refractivity contribution >= 4 is 5.91 Å². The minimum atomic E-state index is -0.490. The van der Waals surface area contributed by atoms with Crippen molar-refractivity contribution in [3.63, 3.8) is 0 Å². The van der Waals surface area contributed by atoms with Gasteiger partial charge in [-0.15, -0.1) is 0 Å². The summed E-state index contributed by atoms with van der Waals surface area (Å²) in [6, 6.07) is 4.90. The Morgan fingerprint density at radius 1 is 1.58 bits per heavy atom. The molecule has 0 fully saturated rings. The number of carbonyl (C=O) groups is 1. The number of aryl methyl sites for hydroxylation is 1. The molecule has 0 aliphatic rings. The van der Waals surface area contributed by atoms with E-state index in [2.05, 4.69) is 0 Å². The number of hydrogen-bond acceptors (Lipinski definition) is 3. The molecule has 0 saturated carbocycles. The third kappa shape index (κ3) is 1.38. The Kier molecular flexibility index (Phi) is 2.30. The van der Waals surface area contributed by atoms with Crippen molar-refractivity contribution in [3.05, 3.63) is 29.3 Å². The van der Waals surface area contributed by atoms with E-state index in [9.17, 15) is 9.90 Å². The molecule has 0 bridgehead atoms. The van der Waals surface area contributed by atoms with Crippen molar-refractivity contribution in [2.45, 2.75) is 6.92 Å². The van der Waals surface area contributed by atoms with E-state index in [0.717, 1.165) is 0 Å². The second-order valence-corrected chi connectivity index (χ2v) is 2.44. The highest BCUT2D eigenvalue weighted by atomic mass is 16.3. The van der Waals surface area contributed by atoms with Crippen molar-refractivity contribution in [1.29, 1.82) is 0 Å². The summed E-state index contributed by atoms with van der Waals surface area (Å²) >= 11 is 0. The Labute approximate surface area is 70.0 Å². The van der Waals surface area contributed by atoms with Gasteiger partial charge in [-0.2, -0.15) is 0 Å². The number of rotatable bonds is 1. The van der Waals surface area contributed by atoms with Gasteiger partial charge in [0.1, 0.15) is 5.75 Å². The van der Waals surface area contributed by atoms with E-state index >= 15 is 0 Å². The van der Waals surface area contributed by atoms with Gasteiger partial charge in [0.2, 0.25) is 0 Å². The molecule has 0 atom stereocenters. The number of phenols is 1. The van der Waals surface area contributed by atoms with E-state index in [-0.39, 0.29) is 11.3 Å². The molecule has 1 amide bonds. The summed E-state index contributed by atoms with van der Waals surface area (Å²) in [4.78, 5) is 11.0. The van der Waals surface area contributed by atoms with Crippen LogP contribution in [-0.4, -0.2) is 11.0 Å². The Hall–Kier alpha value is -1.55. The van der Waals surface area contributed by atoms with E-state index in [1.807, 2.05) is 5.43 Å². The Morgan fingerprint density at radius 3 is 2.83 bits per heavy atom. The highest BCUT2D eigenvalue weighted by Crippen LogP contribution is 2.20. The molecule has 4 nitrogen and oxygen atoms in total. The molecule has 4 N–H and O–H groups in total. The maximum Gasteiger partial charge on any atom is 0.268 e. The van der Waals surface area contributed by atoms with Crippen LogP contribution in [0.15, 0.2) is 18.2 Å². The second-order valence-electron chi connectivity index (χ2n) is 2.44. The molecule has 0 spiro atoms. The first kappa shape index (κ1) is 8.55. The zero-order valence-corrected chi connectivity index (χ0v) is 6.66. The first-order chi connectivity index (χ1) is 5.66. The van der Waals surface area contributed by atoms with Gasteiger partial charge in [0, 0.05) is 0 Å². The first-order valence-electron chi connectivity index (χ1n) is 3.46. The van der Waals surface area contributed by atoms with E-state index in [4.69, 9.17) is 5.84 Å². The molecular formula is C8H10N2O2. The SMILES string of the molecule is Cc1cccc(C(=O)NN)c1O. The molecule has 0 unspecified atom stereocenters. The lowest BCUT2D eigenvalue weighted by Crippen LogP contribution is -2.30. The van der Waals surface area contributed by atoms with Gasteiger partial charge >= 0.3 is 0 Å². The molecule has 0 heterocycles. The molecular weight excluding hydrogens is 156 g/mol. The molecule has 64 valence electrons. The number of benzene rings is 1. The Bertz CT molecular complexity index is 310. The molecule has 0 aromatic heterocycles. The van der Waals surface area contributed by atoms with Crippen LogP contribution in [0.1, 0.15) is 15.9 Å². The lowest BCUT2D eigenvalue weighted by atomic mass is 10.1. The number of hydrogen-bond donors (Lipinski definition) is 3. The van der Waals surface area contributed by atoms with Gasteiger partial charge in [0.05, 0.1) is 5.56 Å². The van der Waals surface area contributed by atoms with Crippen LogP contribution >= 0.6 is 0 Å². The topological polar surface area (TPSA) is 75.4 Å². The van der Waals surface area contributed by atoms with E-state index < -0.39 is 5.91 Å². The quantitative estimate of drug-likeness (QED) is 0.319. The standard InChI is InChI=1S/C8H10N2O2/c1-5-3-2-4-6(7(5)11)8(12)10-9/h2-4,11H,9H2,1H3,(H,10,12). The maximum atomic E-state index is 11.0. The number of nitrogens with one attached hydrogen (secondary N) is 1. The predicted molar refractivity (Wildman–Crippen MR) is 44.5 cm³/mol.